The van der Waals surface area contributed by atoms with Crippen molar-refractivity contribution in [3.8, 4) is 6.07 Å². The van der Waals surface area contributed by atoms with Gasteiger partial charge in [-0.1, -0.05) is 6.92 Å². The summed E-state index contributed by atoms with van der Waals surface area (Å²) in [6, 6.07) is 5.01. The number of fused-ring (bicyclic) bond motifs is 1. The maximum Gasteiger partial charge on any atom is 0.227 e. The highest BCUT2D eigenvalue weighted by Gasteiger charge is 2.29. The molecule has 0 fully saturated rings. The first-order valence-electron chi connectivity index (χ1n) is 6.13. The lowest BCUT2D eigenvalue weighted by molar-refractivity contribution is -0.119. The summed E-state index contributed by atoms with van der Waals surface area (Å²) in [7, 11) is 0. The van der Waals surface area contributed by atoms with E-state index >= 15 is 0 Å². The van der Waals surface area contributed by atoms with E-state index in [0.29, 0.717) is 24.1 Å². The van der Waals surface area contributed by atoms with Crippen LogP contribution in [0.5, 0.6) is 0 Å². The third-order valence-corrected chi connectivity index (χ3v) is 3.49. The van der Waals surface area contributed by atoms with Crippen LogP contribution in [0, 0.1) is 17.1 Å². The van der Waals surface area contributed by atoms with Crippen molar-refractivity contribution in [3.05, 3.63) is 29.1 Å². The van der Waals surface area contributed by atoms with Crippen LogP contribution in [0.4, 0.5) is 10.1 Å². The minimum atomic E-state index is -0.476. The van der Waals surface area contributed by atoms with Gasteiger partial charge < -0.3 is 4.90 Å². The Labute approximate surface area is 106 Å². The molecular formula is C14H15FN2O. The number of halogens is 1. The average molecular weight is 246 g/mol. The van der Waals surface area contributed by atoms with Crippen molar-refractivity contribution in [1.82, 2.24) is 0 Å². The van der Waals surface area contributed by atoms with E-state index in [1.165, 1.54) is 6.07 Å². The van der Waals surface area contributed by atoms with Crippen LogP contribution < -0.4 is 4.90 Å². The SMILES string of the molecule is CCC(C)N1C(=O)CCc2c1ccc(C#N)c2F. The summed E-state index contributed by atoms with van der Waals surface area (Å²) >= 11 is 0. The molecule has 0 aromatic heterocycles. The molecule has 3 nitrogen and oxygen atoms in total. The quantitative estimate of drug-likeness (QED) is 0.805. The lowest BCUT2D eigenvalue weighted by Gasteiger charge is -2.34. The summed E-state index contributed by atoms with van der Waals surface area (Å²) < 4.78 is 14.1. The Morgan fingerprint density at radius 1 is 1.50 bits per heavy atom. The molecule has 0 aliphatic carbocycles. The Morgan fingerprint density at radius 3 is 2.83 bits per heavy atom. The topological polar surface area (TPSA) is 44.1 Å². The molecule has 0 bridgehead atoms. The minimum absolute atomic E-state index is 0.0287. The molecule has 0 N–H and O–H groups in total. The molecule has 0 saturated heterocycles. The van der Waals surface area contributed by atoms with Gasteiger partial charge >= 0.3 is 0 Å². The fraction of sp³-hybridized carbons (Fsp3) is 0.429. The number of nitriles is 1. The number of rotatable bonds is 2. The zero-order chi connectivity index (χ0) is 13.3. The van der Waals surface area contributed by atoms with Gasteiger partial charge in [0.2, 0.25) is 5.91 Å². The van der Waals surface area contributed by atoms with Crippen LogP contribution in [0.3, 0.4) is 0 Å². The second-order valence-corrected chi connectivity index (χ2v) is 4.56. The molecule has 1 aliphatic rings. The van der Waals surface area contributed by atoms with Gasteiger partial charge in [-0.05, 0) is 31.9 Å². The molecule has 1 heterocycles. The van der Waals surface area contributed by atoms with E-state index in [-0.39, 0.29) is 17.5 Å². The molecule has 1 aliphatic heterocycles. The van der Waals surface area contributed by atoms with Crippen molar-refractivity contribution in [3.63, 3.8) is 0 Å². The number of anilines is 1. The highest BCUT2D eigenvalue weighted by Crippen LogP contribution is 2.33. The predicted octanol–water partition coefficient (Wildman–Crippen LogP) is 2.78. The van der Waals surface area contributed by atoms with Crippen molar-refractivity contribution in [2.75, 3.05) is 4.90 Å². The lowest BCUT2D eigenvalue weighted by atomic mass is 9.96. The summed E-state index contributed by atoms with van der Waals surface area (Å²) in [6.45, 7) is 3.94. The first kappa shape index (κ1) is 12.6. The Bertz CT molecular complexity index is 533. The molecule has 4 heteroatoms. The number of nitrogens with zero attached hydrogens (tertiary/aromatic N) is 2. The van der Waals surface area contributed by atoms with Gasteiger partial charge in [0.05, 0.1) is 11.3 Å². The van der Waals surface area contributed by atoms with Crippen LogP contribution in [-0.4, -0.2) is 11.9 Å². The zero-order valence-electron chi connectivity index (χ0n) is 10.5. The highest BCUT2D eigenvalue weighted by molar-refractivity contribution is 5.97. The van der Waals surface area contributed by atoms with Gasteiger partial charge in [-0.25, -0.2) is 4.39 Å². The Hall–Kier alpha value is -1.89. The Balaban J connectivity index is 2.55. The third-order valence-electron chi connectivity index (χ3n) is 3.49. The molecule has 94 valence electrons. The molecule has 2 rings (SSSR count). The van der Waals surface area contributed by atoms with Gasteiger partial charge in [-0.3, -0.25) is 4.79 Å². The molecule has 0 radical (unpaired) electrons. The number of hydrogen-bond acceptors (Lipinski definition) is 2. The average Bonchev–Trinajstić information content (AvgIpc) is 2.38. The number of benzene rings is 1. The fourth-order valence-corrected chi connectivity index (χ4v) is 2.31. The summed E-state index contributed by atoms with van der Waals surface area (Å²) in [4.78, 5) is 13.6. The van der Waals surface area contributed by atoms with E-state index in [1.54, 1.807) is 11.0 Å². The molecule has 1 aromatic rings. The standard InChI is InChI=1S/C14H15FN2O/c1-3-9(2)17-12-6-4-10(8-16)14(15)11(12)5-7-13(17)18/h4,6,9H,3,5,7H2,1-2H3. The molecule has 0 saturated carbocycles. The molecule has 1 atom stereocenters. The van der Waals surface area contributed by atoms with Crippen molar-refractivity contribution < 1.29 is 9.18 Å². The van der Waals surface area contributed by atoms with Crippen LogP contribution in [-0.2, 0) is 11.2 Å². The van der Waals surface area contributed by atoms with Crippen LogP contribution in [0.25, 0.3) is 0 Å². The normalized spacial score (nSPS) is 16.1. The maximum atomic E-state index is 14.1. The Morgan fingerprint density at radius 2 is 2.22 bits per heavy atom. The Kier molecular flexibility index (Phi) is 3.33. The number of carbonyl (C=O) groups excluding carboxylic acids is 1. The van der Waals surface area contributed by atoms with E-state index in [4.69, 9.17) is 5.26 Å². The van der Waals surface area contributed by atoms with E-state index in [2.05, 4.69) is 0 Å². The van der Waals surface area contributed by atoms with E-state index in [9.17, 15) is 9.18 Å². The monoisotopic (exact) mass is 246 g/mol. The van der Waals surface area contributed by atoms with E-state index in [0.717, 1.165) is 6.42 Å². The summed E-state index contributed by atoms with van der Waals surface area (Å²) in [5.41, 5.74) is 1.17. The van der Waals surface area contributed by atoms with Gasteiger partial charge in [-0.2, -0.15) is 5.26 Å². The van der Waals surface area contributed by atoms with Crippen LogP contribution in [0.1, 0.15) is 37.8 Å². The van der Waals surface area contributed by atoms with Gasteiger partial charge in [0, 0.05) is 18.0 Å². The van der Waals surface area contributed by atoms with Crippen molar-refractivity contribution >= 4 is 11.6 Å². The second-order valence-electron chi connectivity index (χ2n) is 4.56. The van der Waals surface area contributed by atoms with Crippen LogP contribution in [0.2, 0.25) is 0 Å². The fourth-order valence-electron chi connectivity index (χ4n) is 2.31. The second kappa shape index (κ2) is 4.77. The molecule has 18 heavy (non-hydrogen) atoms. The summed E-state index contributed by atoms with van der Waals surface area (Å²) in [5.74, 6) is -0.447. The minimum Gasteiger partial charge on any atom is -0.309 e. The van der Waals surface area contributed by atoms with Crippen molar-refractivity contribution in [1.29, 1.82) is 5.26 Å². The molecule has 1 aromatic carbocycles. The van der Waals surface area contributed by atoms with Crippen LogP contribution in [0.15, 0.2) is 12.1 Å². The molecule has 1 unspecified atom stereocenters. The van der Waals surface area contributed by atoms with Crippen LogP contribution >= 0.6 is 0 Å². The van der Waals surface area contributed by atoms with Crippen molar-refractivity contribution in [2.45, 2.75) is 39.2 Å². The number of carbonyl (C=O) groups is 1. The smallest absolute Gasteiger partial charge is 0.227 e. The largest absolute Gasteiger partial charge is 0.309 e. The molecule has 1 amide bonds. The van der Waals surface area contributed by atoms with Gasteiger partial charge in [0.15, 0.2) is 0 Å². The van der Waals surface area contributed by atoms with E-state index in [1.807, 2.05) is 19.9 Å². The summed E-state index contributed by atoms with van der Waals surface area (Å²) in [5, 5.41) is 8.82. The first-order chi connectivity index (χ1) is 8.60. The van der Waals surface area contributed by atoms with Gasteiger partial charge in [-0.15, -0.1) is 0 Å². The van der Waals surface area contributed by atoms with Gasteiger partial charge in [0.1, 0.15) is 11.9 Å². The number of hydrogen-bond donors (Lipinski definition) is 0. The zero-order valence-corrected chi connectivity index (χ0v) is 10.5. The van der Waals surface area contributed by atoms with Crippen molar-refractivity contribution in [2.24, 2.45) is 0 Å². The number of amides is 1. The first-order valence-corrected chi connectivity index (χ1v) is 6.13. The highest BCUT2D eigenvalue weighted by atomic mass is 19.1. The predicted molar refractivity (Wildman–Crippen MR) is 66.7 cm³/mol. The molecule has 0 spiro atoms. The lowest BCUT2D eigenvalue weighted by Crippen LogP contribution is -2.41. The van der Waals surface area contributed by atoms with Gasteiger partial charge in [0.25, 0.3) is 0 Å². The maximum absolute atomic E-state index is 14.1. The summed E-state index contributed by atoms with van der Waals surface area (Å²) in [6.07, 6.45) is 1.50. The van der Waals surface area contributed by atoms with E-state index < -0.39 is 5.82 Å². The molecular weight excluding hydrogens is 231 g/mol. The third kappa shape index (κ3) is 1.86.